The molecule has 1 aromatic heterocycles. The van der Waals surface area contributed by atoms with Gasteiger partial charge in [-0.05, 0) is 50.0 Å². The highest BCUT2D eigenvalue weighted by molar-refractivity contribution is 14.1. The van der Waals surface area contributed by atoms with E-state index < -0.39 is 5.72 Å². The number of hydrogen-bond acceptors (Lipinski definition) is 4. The molecule has 2 saturated carbocycles. The number of furan rings is 1. The van der Waals surface area contributed by atoms with Gasteiger partial charge in [0.25, 0.3) is 0 Å². The Morgan fingerprint density at radius 2 is 2.04 bits per heavy atom. The van der Waals surface area contributed by atoms with Crippen molar-refractivity contribution in [3.05, 3.63) is 28.6 Å². The van der Waals surface area contributed by atoms with Gasteiger partial charge in [-0.2, -0.15) is 0 Å². The molecule has 3 aliphatic rings. The average Bonchev–Trinajstić information content (AvgIpc) is 3.09. The summed E-state index contributed by atoms with van der Waals surface area (Å²) in [4.78, 5) is 10.8. The second-order valence-corrected chi connectivity index (χ2v) is 12.4. The van der Waals surface area contributed by atoms with Gasteiger partial charge in [0, 0.05) is 27.2 Å². The molecular weight excluding hydrogens is 558 g/mol. The first-order valence-electron chi connectivity index (χ1n) is 9.46. The lowest BCUT2D eigenvalue weighted by molar-refractivity contribution is -0.138. The molecule has 0 aromatic carbocycles. The second-order valence-electron chi connectivity index (χ2n) is 8.74. The first-order valence-corrected chi connectivity index (χ1v) is 11.6. The lowest BCUT2D eigenvalue weighted by Gasteiger charge is -2.70. The number of fused-ring (bicyclic) bond motifs is 5. The molecule has 7 heteroatoms. The SMILES string of the molecule is CCC12CC[C@]3(I)c4ccoc4CC[C@@]3(C)[C@]1(I)CC[C@@](O)(NN=O)C2. The molecule has 5 nitrogen and oxygen atoms in total. The number of nitrogens with zero attached hydrogens (tertiary/aromatic N) is 1. The van der Waals surface area contributed by atoms with Gasteiger partial charge in [-0.25, -0.2) is 5.43 Å². The zero-order valence-electron chi connectivity index (χ0n) is 15.3. The molecule has 0 spiro atoms. The van der Waals surface area contributed by atoms with Gasteiger partial charge >= 0.3 is 0 Å². The molecule has 1 unspecified atom stereocenters. The van der Waals surface area contributed by atoms with Crippen molar-refractivity contribution < 1.29 is 9.52 Å². The van der Waals surface area contributed by atoms with Gasteiger partial charge in [-0.1, -0.05) is 59.0 Å². The highest BCUT2D eigenvalue weighted by atomic mass is 127. The standard InChI is InChI=1S/C19H26I2N2O3/c1-3-16-7-9-18(20)13-5-11-26-14(13)4-6-15(18,2)19(16,21)10-8-17(24,12-16)22-23-25/h5,11,24H,3-4,6-10,12H2,1-2H3,(H,22,25)/t15-,16?,17+,18+,19-/m1/s1. The van der Waals surface area contributed by atoms with E-state index in [1.807, 2.05) is 6.26 Å². The Kier molecular flexibility index (Phi) is 4.52. The average molecular weight is 584 g/mol. The number of rotatable bonds is 3. The van der Waals surface area contributed by atoms with Crippen molar-refractivity contribution in [2.75, 3.05) is 0 Å². The topological polar surface area (TPSA) is 74.8 Å². The van der Waals surface area contributed by atoms with Crippen LogP contribution in [0.25, 0.3) is 0 Å². The normalized spacial score (nSPS) is 47.4. The minimum Gasteiger partial charge on any atom is -0.469 e. The summed E-state index contributed by atoms with van der Waals surface area (Å²) < 4.78 is 5.90. The molecule has 3 aliphatic carbocycles. The Labute approximate surface area is 181 Å². The van der Waals surface area contributed by atoms with Gasteiger partial charge < -0.3 is 9.52 Å². The summed E-state index contributed by atoms with van der Waals surface area (Å²) in [5, 5.41) is 13.8. The number of alkyl halides is 2. The molecule has 0 amide bonds. The predicted molar refractivity (Wildman–Crippen MR) is 117 cm³/mol. The Hall–Kier alpha value is 0.1000. The molecule has 1 heterocycles. The van der Waals surface area contributed by atoms with Gasteiger partial charge in [-0.3, -0.25) is 0 Å². The van der Waals surface area contributed by atoms with Crippen LogP contribution in [0.3, 0.4) is 0 Å². The van der Waals surface area contributed by atoms with E-state index in [-0.39, 0.29) is 17.7 Å². The van der Waals surface area contributed by atoms with E-state index in [0.29, 0.717) is 12.8 Å². The third kappa shape index (κ3) is 2.22. The van der Waals surface area contributed by atoms with Crippen molar-refractivity contribution in [3.8, 4) is 0 Å². The van der Waals surface area contributed by atoms with Crippen molar-refractivity contribution in [2.45, 2.75) is 77.8 Å². The van der Waals surface area contributed by atoms with Crippen LogP contribution in [0.1, 0.15) is 70.1 Å². The van der Waals surface area contributed by atoms with Gasteiger partial charge in [0.1, 0.15) is 5.76 Å². The summed E-state index contributed by atoms with van der Waals surface area (Å²) >= 11 is 5.45. The smallest absolute Gasteiger partial charge is 0.154 e. The summed E-state index contributed by atoms with van der Waals surface area (Å²) in [5.74, 6) is 1.15. The van der Waals surface area contributed by atoms with E-state index in [1.54, 1.807) is 0 Å². The van der Waals surface area contributed by atoms with Crippen LogP contribution in [0, 0.1) is 15.7 Å². The third-order valence-corrected chi connectivity index (χ3v) is 13.2. The fourth-order valence-corrected chi connectivity index (χ4v) is 10.3. The van der Waals surface area contributed by atoms with E-state index >= 15 is 0 Å². The van der Waals surface area contributed by atoms with Crippen molar-refractivity contribution in [1.82, 2.24) is 5.43 Å². The van der Waals surface area contributed by atoms with Crippen LogP contribution in [0.5, 0.6) is 0 Å². The fraction of sp³-hybridized carbons (Fsp3) is 0.789. The van der Waals surface area contributed by atoms with Crippen LogP contribution in [0.2, 0.25) is 0 Å². The largest absolute Gasteiger partial charge is 0.469 e. The number of halogens is 2. The van der Waals surface area contributed by atoms with E-state index in [0.717, 1.165) is 44.3 Å². The minimum absolute atomic E-state index is 0.0110. The van der Waals surface area contributed by atoms with Crippen LogP contribution in [0.4, 0.5) is 0 Å². The highest BCUT2D eigenvalue weighted by Gasteiger charge is 2.72. The Bertz CT molecular complexity index is 742. The molecule has 0 aliphatic heterocycles. The van der Waals surface area contributed by atoms with Gasteiger partial charge in [0.15, 0.2) is 5.72 Å². The van der Waals surface area contributed by atoms with E-state index in [2.05, 4.69) is 75.8 Å². The van der Waals surface area contributed by atoms with E-state index in [1.165, 1.54) is 5.56 Å². The summed E-state index contributed by atoms with van der Waals surface area (Å²) in [6.07, 6.45) is 9.06. The number of aliphatic hydroxyl groups is 1. The Morgan fingerprint density at radius 3 is 2.73 bits per heavy atom. The molecule has 1 aromatic rings. The second kappa shape index (κ2) is 6.05. The summed E-state index contributed by atoms with van der Waals surface area (Å²) in [5.41, 5.74) is 2.77. The zero-order valence-corrected chi connectivity index (χ0v) is 19.6. The Balaban J connectivity index is 1.83. The molecule has 0 saturated heterocycles. The Morgan fingerprint density at radius 1 is 1.27 bits per heavy atom. The number of nitroso groups, excluding NO2 is 1. The van der Waals surface area contributed by atoms with Crippen molar-refractivity contribution in [1.29, 1.82) is 0 Å². The third-order valence-electron chi connectivity index (χ3n) is 8.01. The van der Waals surface area contributed by atoms with Crippen molar-refractivity contribution >= 4 is 45.2 Å². The van der Waals surface area contributed by atoms with Crippen LogP contribution in [-0.4, -0.2) is 14.3 Å². The number of nitrogens with one attached hydrogen (secondary N) is 1. The van der Waals surface area contributed by atoms with Gasteiger partial charge in [0.2, 0.25) is 0 Å². The number of aryl methyl sites for hydroxylation is 1. The first-order chi connectivity index (χ1) is 12.2. The summed E-state index contributed by atoms with van der Waals surface area (Å²) in [7, 11) is 0. The molecule has 26 heavy (non-hydrogen) atoms. The number of hydrogen-bond donors (Lipinski definition) is 2. The van der Waals surface area contributed by atoms with Crippen LogP contribution >= 0.6 is 45.2 Å². The van der Waals surface area contributed by atoms with E-state index in [4.69, 9.17) is 4.42 Å². The lowest BCUT2D eigenvalue weighted by Crippen LogP contribution is -2.70. The predicted octanol–water partition coefficient (Wildman–Crippen LogP) is 5.37. The van der Waals surface area contributed by atoms with Gasteiger partial charge in [0.05, 0.1) is 15.0 Å². The van der Waals surface area contributed by atoms with Crippen LogP contribution < -0.4 is 5.43 Å². The molecule has 2 N–H and O–H groups in total. The van der Waals surface area contributed by atoms with E-state index in [9.17, 15) is 10.0 Å². The molecule has 0 bridgehead atoms. The van der Waals surface area contributed by atoms with Crippen molar-refractivity contribution in [3.63, 3.8) is 0 Å². The highest BCUT2D eigenvalue weighted by Crippen LogP contribution is 2.76. The molecule has 144 valence electrons. The molecule has 0 radical (unpaired) electrons. The first kappa shape index (κ1) is 19.4. The van der Waals surface area contributed by atoms with Crippen LogP contribution in [0.15, 0.2) is 22.0 Å². The summed E-state index contributed by atoms with van der Waals surface area (Å²) in [6.45, 7) is 4.70. The monoisotopic (exact) mass is 584 g/mol. The maximum atomic E-state index is 11.0. The minimum atomic E-state index is -1.18. The molecule has 4 rings (SSSR count). The van der Waals surface area contributed by atoms with Gasteiger partial charge in [-0.15, -0.1) is 4.91 Å². The molecule has 5 atom stereocenters. The van der Waals surface area contributed by atoms with Crippen LogP contribution in [-0.2, 0) is 9.84 Å². The quantitative estimate of drug-likeness (QED) is 0.165. The fourth-order valence-electron chi connectivity index (χ4n) is 6.42. The molecular formula is C19H26I2N2O3. The maximum absolute atomic E-state index is 11.0. The molecule has 2 fully saturated rings. The zero-order chi connectivity index (χ0) is 18.8. The summed E-state index contributed by atoms with van der Waals surface area (Å²) in [6, 6.07) is 2.18. The maximum Gasteiger partial charge on any atom is 0.154 e. The lowest BCUT2D eigenvalue weighted by atomic mass is 9.43. The van der Waals surface area contributed by atoms with Crippen molar-refractivity contribution in [2.24, 2.45) is 16.1 Å².